The number of hydrogen-bond acceptors (Lipinski definition) is 3. The molecule has 0 aliphatic heterocycles. The molecule has 0 unspecified atom stereocenters. The van der Waals surface area contributed by atoms with Crippen LogP contribution >= 0.6 is 0 Å². The Labute approximate surface area is 101 Å². The number of rotatable bonds is 3. The van der Waals surface area contributed by atoms with Crippen molar-refractivity contribution >= 4 is 17.5 Å². The van der Waals surface area contributed by atoms with Crippen molar-refractivity contribution in [3.8, 4) is 0 Å². The van der Waals surface area contributed by atoms with Crippen molar-refractivity contribution in [1.82, 2.24) is 10.2 Å². The third kappa shape index (κ3) is 3.48. The van der Waals surface area contributed by atoms with Gasteiger partial charge in [-0.25, -0.2) is 0 Å². The van der Waals surface area contributed by atoms with Gasteiger partial charge >= 0.3 is 0 Å². The molecule has 17 heavy (non-hydrogen) atoms. The zero-order chi connectivity index (χ0) is 13.0. The Balaban J connectivity index is 2.68. The highest BCUT2D eigenvalue weighted by Crippen LogP contribution is 2.12. The van der Waals surface area contributed by atoms with E-state index < -0.39 is 0 Å². The number of amides is 2. The first-order valence-electron chi connectivity index (χ1n) is 5.26. The van der Waals surface area contributed by atoms with Gasteiger partial charge in [0.05, 0.1) is 6.54 Å². The fourth-order valence-corrected chi connectivity index (χ4v) is 1.35. The zero-order valence-corrected chi connectivity index (χ0v) is 10.3. The second-order valence-corrected chi connectivity index (χ2v) is 4.05. The molecule has 5 nitrogen and oxygen atoms in total. The highest BCUT2D eigenvalue weighted by atomic mass is 16.2. The largest absolute Gasteiger partial charge is 0.399 e. The molecule has 0 radical (unpaired) electrons. The van der Waals surface area contributed by atoms with E-state index in [1.165, 1.54) is 4.90 Å². The van der Waals surface area contributed by atoms with E-state index >= 15 is 0 Å². The minimum absolute atomic E-state index is 0.00432. The van der Waals surface area contributed by atoms with E-state index in [1.54, 1.807) is 39.2 Å². The summed E-state index contributed by atoms with van der Waals surface area (Å²) in [4.78, 5) is 24.5. The summed E-state index contributed by atoms with van der Waals surface area (Å²) in [5, 5.41) is 2.57. The third-order valence-corrected chi connectivity index (χ3v) is 2.39. The van der Waals surface area contributed by atoms with Crippen molar-refractivity contribution < 1.29 is 9.59 Å². The highest BCUT2D eigenvalue weighted by Gasteiger charge is 2.11. The van der Waals surface area contributed by atoms with Crippen LogP contribution in [0.5, 0.6) is 0 Å². The van der Waals surface area contributed by atoms with Gasteiger partial charge in [-0.3, -0.25) is 9.59 Å². The van der Waals surface area contributed by atoms with E-state index in [0.29, 0.717) is 11.3 Å². The van der Waals surface area contributed by atoms with Crippen LogP contribution in [-0.4, -0.2) is 37.4 Å². The van der Waals surface area contributed by atoms with Crippen molar-refractivity contribution in [2.24, 2.45) is 0 Å². The summed E-state index contributed by atoms with van der Waals surface area (Å²) in [6, 6.07) is 5.04. The molecule has 0 aliphatic rings. The SMILES string of the molecule is Cc1cc(N)ccc1C(=O)NCC(=O)N(C)C. The number of carbonyl (C=O) groups excluding carboxylic acids is 2. The summed E-state index contributed by atoms with van der Waals surface area (Å²) in [5.41, 5.74) is 7.54. The summed E-state index contributed by atoms with van der Waals surface area (Å²) in [6.45, 7) is 1.80. The molecule has 0 saturated carbocycles. The number of likely N-dealkylation sites (N-methyl/N-ethyl adjacent to an activating group) is 1. The summed E-state index contributed by atoms with van der Waals surface area (Å²) in [7, 11) is 3.28. The first-order valence-corrected chi connectivity index (χ1v) is 5.26. The molecule has 1 rings (SSSR count). The fourth-order valence-electron chi connectivity index (χ4n) is 1.35. The quantitative estimate of drug-likeness (QED) is 0.744. The lowest BCUT2D eigenvalue weighted by Gasteiger charge is -2.12. The number of nitrogens with zero attached hydrogens (tertiary/aromatic N) is 1. The van der Waals surface area contributed by atoms with Gasteiger partial charge in [0, 0.05) is 25.3 Å². The lowest BCUT2D eigenvalue weighted by atomic mass is 10.1. The van der Waals surface area contributed by atoms with Crippen LogP contribution in [0.4, 0.5) is 5.69 Å². The van der Waals surface area contributed by atoms with Gasteiger partial charge in [0.1, 0.15) is 0 Å². The molecule has 0 atom stereocenters. The van der Waals surface area contributed by atoms with Crippen LogP contribution in [0.1, 0.15) is 15.9 Å². The van der Waals surface area contributed by atoms with E-state index in [-0.39, 0.29) is 18.4 Å². The Morgan fingerprint density at radius 3 is 2.53 bits per heavy atom. The maximum Gasteiger partial charge on any atom is 0.251 e. The molecule has 0 aliphatic carbocycles. The highest BCUT2D eigenvalue weighted by molar-refractivity contribution is 5.97. The topological polar surface area (TPSA) is 75.4 Å². The Morgan fingerprint density at radius 2 is 2.00 bits per heavy atom. The third-order valence-electron chi connectivity index (χ3n) is 2.39. The number of nitrogens with two attached hydrogens (primary N) is 1. The van der Waals surface area contributed by atoms with Crippen molar-refractivity contribution in [3.63, 3.8) is 0 Å². The van der Waals surface area contributed by atoms with Crippen LogP contribution in [0.3, 0.4) is 0 Å². The van der Waals surface area contributed by atoms with E-state index in [2.05, 4.69) is 5.32 Å². The summed E-state index contributed by atoms with van der Waals surface area (Å²) < 4.78 is 0. The van der Waals surface area contributed by atoms with Gasteiger partial charge in [0.25, 0.3) is 5.91 Å². The van der Waals surface area contributed by atoms with Crippen LogP contribution in [0.15, 0.2) is 18.2 Å². The van der Waals surface area contributed by atoms with Gasteiger partial charge in [-0.1, -0.05) is 0 Å². The van der Waals surface area contributed by atoms with Gasteiger partial charge in [0.15, 0.2) is 0 Å². The second kappa shape index (κ2) is 5.34. The van der Waals surface area contributed by atoms with Crippen LogP contribution in [0, 0.1) is 6.92 Å². The predicted molar refractivity (Wildman–Crippen MR) is 66.6 cm³/mol. The molecule has 1 aromatic rings. The van der Waals surface area contributed by atoms with Crippen LogP contribution in [0.25, 0.3) is 0 Å². The van der Waals surface area contributed by atoms with Crippen LogP contribution in [0.2, 0.25) is 0 Å². The first-order chi connectivity index (χ1) is 7.91. The minimum atomic E-state index is -0.266. The molecule has 2 amide bonds. The molecule has 0 saturated heterocycles. The maximum atomic E-state index is 11.8. The lowest BCUT2D eigenvalue weighted by Crippen LogP contribution is -2.36. The molecule has 0 bridgehead atoms. The van der Waals surface area contributed by atoms with E-state index in [1.807, 2.05) is 0 Å². The molecule has 0 fully saturated rings. The summed E-state index contributed by atoms with van der Waals surface area (Å²) >= 11 is 0. The van der Waals surface area contributed by atoms with E-state index in [4.69, 9.17) is 5.73 Å². The van der Waals surface area contributed by atoms with Crippen molar-refractivity contribution in [2.75, 3.05) is 26.4 Å². The smallest absolute Gasteiger partial charge is 0.251 e. The van der Waals surface area contributed by atoms with Crippen molar-refractivity contribution in [1.29, 1.82) is 0 Å². The molecular weight excluding hydrogens is 218 g/mol. The predicted octanol–water partition coefficient (Wildman–Crippen LogP) is 0.395. The monoisotopic (exact) mass is 235 g/mol. The first kappa shape index (κ1) is 13.0. The van der Waals surface area contributed by atoms with Gasteiger partial charge in [-0.05, 0) is 30.7 Å². The minimum Gasteiger partial charge on any atom is -0.399 e. The average Bonchev–Trinajstić information content (AvgIpc) is 2.25. The number of nitrogens with one attached hydrogen (secondary N) is 1. The Bertz CT molecular complexity index is 441. The molecule has 5 heteroatoms. The summed E-state index contributed by atoms with van der Waals surface area (Å²) in [5.74, 6) is -0.413. The normalized spacial score (nSPS) is 9.82. The van der Waals surface area contributed by atoms with Gasteiger partial charge < -0.3 is 16.0 Å². The van der Waals surface area contributed by atoms with Gasteiger partial charge in [0.2, 0.25) is 5.91 Å². The number of carbonyl (C=O) groups is 2. The summed E-state index contributed by atoms with van der Waals surface area (Å²) in [6.07, 6.45) is 0. The molecule has 0 heterocycles. The lowest BCUT2D eigenvalue weighted by molar-refractivity contribution is -0.127. The number of anilines is 1. The Morgan fingerprint density at radius 1 is 1.35 bits per heavy atom. The number of hydrogen-bond donors (Lipinski definition) is 2. The maximum absolute atomic E-state index is 11.8. The van der Waals surface area contributed by atoms with Crippen molar-refractivity contribution in [2.45, 2.75) is 6.92 Å². The second-order valence-electron chi connectivity index (χ2n) is 4.05. The van der Waals surface area contributed by atoms with Crippen LogP contribution < -0.4 is 11.1 Å². The average molecular weight is 235 g/mol. The van der Waals surface area contributed by atoms with Gasteiger partial charge in [-0.15, -0.1) is 0 Å². The fraction of sp³-hybridized carbons (Fsp3) is 0.333. The zero-order valence-electron chi connectivity index (χ0n) is 10.3. The Kier molecular flexibility index (Phi) is 4.09. The molecule has 0 spiro atoms. The molecular formula is C12H17N3O2. The molecule has 92 valence electrons. The standard InChI is InChI=1S/C12H17N3O2/c1-8-6-9(13)4-5-10(8)12(17)14-7-11(16)15(2)3/h4-6H,7,13H2,1-3H3,(H,14,17). The number of aryl methyl sites for hydroxylation is 1. The molecule has 1 aromatic carbocycles. The van der Waals surface area contributed by atoms with Gasteiger partial charge in [-0.2, -0.15) is 0 Å². The molecule has 3 N–H and O–H groups in total. The van der Waals surface area contributed by atoms with Crippen molar-refractivity contribution in [3.05, 3.63) is 29.3 Å². The molecule has 0 aromatic heterocycles. The van der Waals surface area contributed by atoms with E-state index in [0.717, 1.165) is 5.56 Å². The van der Waals surface area contributed by atoms with Crippen LogP contribution in [-0.2, 0) is 4.79 Å². The number of benzene rings is 1. The number of nitrogen functional groups attached to an aromatic ring is 1. The van der Waals surface area contributed by atoms with E-state index in [9.17, 15) is 9.59 Å². The Hall–Kier alpha value is -2.04.